The topological polar surface area (TPSA) is 79.0 Å². The molecule has 100 valence electrons. The first-order valence-corrected chi connectivity index (χ1v) is 8.08. The smallest absolute Gasteiger partial charge is 0.267 e. The van der Waals surface area contributed by atoms with Crippen molar-refractivity contribution in [3.63, 3.8) is 0 Å². The summed E-state index contributed by atoms with van der Waals surface area (Å²) in [5.74, 6) is 0. The summed E-state index contributed by atoms with van der Waals surface area (Å²) in [7, 11) is -3.87. The Morgan fingerprint density at radius 3 is 2.74 bits per heavy atom. The van der Waals surface area contributed by atoms with Crippen molar-refractivity contribution in [3.8, 4) is 0 Å². The van der Waals surface area contributed by atoms with Gasteiger partial charge in [0.1, 0.15) is 0 Å². The molecule has 2 aromatic rings. The van der Waals surface area contributed by atoms with Gasteiger partial charge in [-0.15, -0.1) is 11.8 Å². The van der Waals surface area contributed by atoms with Gasteiger partial charge in [-0.05, 0) is 24.5 Å². The fraction of sp³-hybridized carbons (Fsp3) is 0.0833. The molecule has 1 heterocycles. The van der Waals surface area contributed by atoms with Crippen LogP contribution in [0.15, 0.2) is 57.3 Å². The summed E-state index contributed by atoms with van der Waals surface area (Å²) in [4.78, 5) is 14.8. The maximum absolute atomic E-state index is 12.1. The average Bonchev–Trinajstić information content (AvgIpc) is 2.38. The highest BCUT2D eigenvalue weighted by atomic mass is 32.2. The summed E-state index contributed by atoms with van der Waals surface area (Å²) in [6, 6.07) is 8.14. The monoisotopic (exact) mass is 296 g/mol. The molecule has 0 aliphatic carbocycles. The van der Waals surface area contributed by atoms with Crippen LogP contribution in [0.3, 0.4) is 0 Å². The normalized spacial score (nSPS) is 11.2. The summed E-state index contributed by atoms with van der Waals surface area (Å²) in [6.45, 7) is 0. The van der Waals surface area contributed by atoms with E-state index in [0.717, 1.165) is 4.90 Å². The standard InChI is InChI=1S/C12H12N2O3S2/c1-18-10-4-2-3-9(7-10)14-19(16,17)12-8-13-6-5-11(12)15/h2-8,14H,1H3,(H,13,15). The van der Waals surface area contributed by atoms with Crippen molar-refractivity contribution in [3.05, 3.63) is 52.9 Å². The molecular formula is C12H12N2O3S2. The van der Waals surface area contributed by atoms with Gasteiger partial charge in [0.15, 0.2) is 4.90 Å². The van der Waals surface area contributed by atoms with Crippen molar-refractivity contribution in [2.45, 2.75) is 9.79 Å². The molecule has 0 aliphatic heterocycles. The number of nitrogens with one attached hydrogen (secondary N) is 2. The number of aromatic amines is 1. The molecule has 2 rings (SSSR count). The molecule has 19 heavy (non-hydrogen) atoms. The highest BCUT2D eigenvalue weighted by Crippen LogP contribution is 2.20. The van der Waals surface area contributed by atoms with Crippen molar-refractivity contribution in [2.24, 2.45) is 0 Å². The molecule has 2 N–H and O–H groups in total. The van der Waals surface area contributed by atoms with Gasteiger partial charge in [0.05, 0.1) is 0 Å². The number of aromatic nitrogens is 1. The predicted molar refractivity (Wildman–Crippen MR) is 76.1 cm³/mol. The number of anilines is 1. The predicted octanol–water partition coefficient (Wildman–Crippen LogP) is 1.90. The largest absolute Gasteiger partial charge is 0.366 e. The van der Waals surface area contributed by atoms with E-state index in [-0.39, 0.29) is 4.90 Å². The summed E-state index contributed by atoms with van der Waals surface area (Å²) < 4.78 is 26.6. The van der Waals surface area contributed by atoms with E-state index in [4.69, 9.17) is 0 Å². The lowest BCUT2D eigenvalue weighted by molar-refractivity contribution is 0.600. The molecule has 0 bridgehead atoms. The minimum absolute atomic E-state index is 0.301. The lowest BCUT2D eigenvalue weighted by Gasteiger charge is -2.08. The van der Waals surface area contributed by atoms with Crippen LogP contribution in [0.1, 0.15) is 0 Å². The molecule has 0 saturated carbocycles. The quantitative estimate of drug-likeness (QED) is 0.845. The van der Waals surface area contributed by atoms with E-state index >= 15 is 0 Å². The fourth-order valence-corrected chi connectivity index (χ4v) is 3.07. The highest BCUT2D eigenvalue weighted by molar-refractivity contribution is 7.98. The number of benzene rings is 1. The summed E-state index contributed by atoms with van der Waals surface area (Å²) in [6.07, 6.45) is 4.45. The Bertz CT molecular complexity index is 738. The summed E-state index contributed by atoms with van der Waals surface area (Å²) >= 11 is 1.51. The molecule has 0 spiro atoms. The Balaban J connectivity index is 2.37. The van der Waals surface area contributed by atoms with Crippen LogP contribution >= 0.6 is 11.8 Å². The number of thioether (sulfide) groups is 1. The van der Waals surface area contributed by atoms with Crippen molar-refractivity contribution in [1.82, 2.24) is 4.98 Å². The molecule has 0 fully saturated rings. The number of H-pyrrole nitrogens is 1. The van der Waals surface area contributed by atoms with Gasteiger partial charge in [0, 0.05) is 29.0 Å². The van der Waals surface area contributed by atoms with Crippen molar-refractivity contribution in [2.75, 3.05) is 11.0 Å². The second-order valence-corrected chi connectivity index (χ2v) is 6.24. The first-order valence-electron chi connectivity index (χ1n) is 5.37. The van der Waals surface area contributed by atoms with Gasteiger partial charge in [-0.25, -0.2) is 8.42 Å². The van der Waals surface area contributed by atoms with E-state index in [1.165, 1.54) is 30.2 Å². The number of pyridine rings is 1. The Kier molecular flexibility index (Phi) is 3.96. The number of hydrogen-bond donors (Lipinski definition) is 2. The third kappa shape index (κ3) is 3.18. The van der Waals surface area contributed by atoms with Gasteiger partial charge in [-0.3, -0.25) is 9.52 Å². The maximum atomic E-state index is 12.1. The zero-order valence-corrected chi connectivity index (χ0v) is 11.7. The second-order valence-electron chi connectivity index (χ2n) is 3.71. The minimum Gasteiger partial charge on any atom is -0.366 e. The summed E-state index contributed by atoms with van der Waals surface area (Å²) in [5.41, 5.74) is -0.123. The Labute approximate surface area is 115 Å². The van der Waals surface area contributed by atoms with Crippen LogP contribution in [0.4, 0.5) is 5.69 Å². The van der Waals surface area contributed by atoms with Crippen LogP contribution in [-0.2, 0) is 10.0 Å². The van der Waals surface area contributed by atoms with Gasteiger partial charge in [-0.1, -0.05) is 6.07 Å². The number of sulfonamides is 1. The van der Waals surface area contributed by atoms with Crippen LogP contribution in [0.2, 0.25) is 0 Å². The van der Waals surface area contributed by atoms with E-state index in [9.17, 15) is 13.2 Å². The molecule has 0 unspecified atom stereocenters. The van der Waals surface area contributed by atoms with E-state index in [2.05, 4.69) is 9.71 Å². The highest BCUT2D eigenvalue weighted by Gasteiger charge is 2.17. The lowest BCUT2D eigenvalue weighted by Crippen LogP contribution is -2.20. The van der Waals surface area contributed by atoms with Gasteiger partial charge < -0.3 is 4.98 Å². The fourth-order valence-electron chi connectivity index (χ4n) is 1.51. The zero-order chi connectivity index (χ0) is 13.9. The van der Waals surface area contributed by atoms with E-state index < -0.39 is 15.5 Å². The molecule has 5 nitrogen and oxygen atoms in total. The molecule has 0 saturated heterocycles. The SMILES string of the molecule is CSc1cccc(NS(=O)(=O)c2c[nH]ccc2=O)c1. The average molecular weight is 296 g/mol. The Morgan fingerprint density at radius 1 is 1.26 bits per heavy atom. The van der Waals surface area contributed by atoms with Crippen LogP contribution in [0.5, 0.6) is 0 Å². The molecule has 0 atom stereocenters. The molecule has 0 aliphatic rings. The molecule has 0 radical (unpaired) electrons. The molecule has 1 aromatic carbocycles. The zero-order valence-electron chi connectivity index (χ0n) is 10.1. The minimum atomic E-state index is -3.87. The van der Waals surface area contributed by atoms with Crippen molar-refractivity contribution in [1.29, 1.82) is 0 Å². The molecular weight excluding hydrogens is 284 g/mol. The van der Waals surface area contributed by atoms with Crippen LogP contribution in [0.25, 0.3) is 0 Å². The van der Waals surface area contributed by atoms with E-state index in [1.807, 2.05) is 12.3 Å². The van der Waals surface area contributed by atoms with Gasteiger partial charge in [0.25, 0.3) is 10.0 Å². The van der Waals surface area contributed by atoms with Crippen molar-refractivity contribution < 1.29 is 8.42 Å². The van der Waals surface area contributed by atoms with Gasteiger partial charge in [-0.2, -0.15) is 0 Å². The Hall–Kier alpha value is -1.73. The first-order chi connectivity index (χ1) is 9.03. The molecule has 7 heteroatoms. The first kappa shape index (κ1) is 13.7. The van der Waals surface area contributed by atoms with Crippen LogP contribution in [-0.4, -0.2) is 19.7 Å². The Morgan fingerprint density at radius 2 is 2.05 bits per heavy atom. The third-order valence-electron chi connectivity index (χ3n) is 2.40. The lowest BCUT2D eigenvalue weighted by atomic mass is 10.3. The van der Waals surface area contributed by atoms with Gasteiger partial charge >= 0.3 is 0 Å². The number of hydrogen-bond acceptors (Lipinski definition) is 4. The van der Waals surface area contributed by atoms with Crippen LogP contribution < -0.4 is 10.2 Å². The van der Waals surface area contributed by atoms with Crippen molar-refractivity contribution >= 4 is 27.5 Å². The summed E-state index contributed by atoms with van der Waals surface area (Å²) in [5, 5.41) is 0. The number of rotatable bonds is 4. The molecule has 0 amide bonds. The second kappa shape index (κ2) is 5.50. The van der Waals surface area contributed by atoms with E-state index in [0.29, 0.717) is 5.69 Å². The molecule has 1 aromatic heterocycles. The third-order valence-corrected chi connectivity index (χ3v) is 4.53. The van der Waals surface area contributed by atoms with Crippen LogP contribution in [0, 0.1) is 0 Å². The van der Waals surface area contributed by atoms with E-state index in [1.54, 1.807) is 18.2 Å². The maximum Gasteiger partial charge on any atom is 0.267 e. The van der Waals surface area contributed by atoms with Gasteiger partial charge in [0.2, 0.25) is 5.43 Å².